The van der Waals surface area contributed by atoms with Crippen molar-refractivity contribution in [2.75, 3.05) is 0 Å². The van der Waals surface area contributed by atoms with Crippen LogP contribution in [0.15, 0.2) is 55.8 Å². The van der Waals surface area contributed by atoms with E-state index >= 15 is 0 Å². The highest BCUT2D eigenvalue weighted by Crippen LogP contribution is 2.37. The van der Waals surface area contributed by atoms with Gasteiger partial charge in [-0.25, -0.2) is 14.2 Å². The topological polar surface area (TPSA) is 88.0 Å². The number of hydrogen-bond acceptors (Lipinski definition) is 4. The number of halogens is 1. The first-order valence-corrected chi connectivity index (χ1v) is 15.2. The van der Waals surface area contributed by atoms with Crippen LogP contribution < -0.4 is 22.5 Å². The van der Waals surface area contributed by atoms with E-state index in [-0.39, 0.29) is 58.4 Å². The molecule has 1 saturated carbocycles. The first kappa shape index (κ1) is 30.8. The van der Waals surface area contributed by atoms with Crippen molar-refractivity contribution in [3.05, 3.63) is 94.5 Å². The summed E-state index contributed by atoms with van der Waals surface area (Å²) in [5.74, 6) is 0.118. The standard InChI is InChI=1S/C32H43ClN4O4/c1-19(2)27-17-34(20(3)4)32(41)37(29(27)38)26-10-8-9-23(16-26)15-22(7)28-18-35(21(5)6)31(40)36(30(28)39)25-13-11-24(33)12-14-25/h11-14,17-23,26H,8-10,15-16H2,1-7H3. The highest BCUT2D eigenvalue weighted by atomic mass is 35.5. The molecule has 3 aromatic rings. The van der Waals surface area contributed by atoms with Crippen molar-refractivity contribution in [1.29, 1.82) is 0 Å². The number of hydrogen-bond donors (Lipinski definition) is 0. The molecule has 0 bridgehead atoms. The van der Waals surface area contributed by atoms with Gasteiger partial charge in [-0.15, -0.1) is 0 Å². The summed E-state index contributed by atoms with van der Waals surface area (Å²) in [6.45, 7) is 13.7. The minimum absolute atomic E-state index is 0.0122. The van der Waals surface area contributed by atoms with Gasteiger partial charge in [-0.1, -0.05) is 45.2 Å². The lowest BCUT2D eigenvalue weighted by Gasteiger charge is -2.32. The second-order valence-corrected chi connectivity index (χ2v) is 12.9. The van der Waals surface area contributed by atoms with E-state index in [0.717, 1.165) is 25.7 Å². The van der Waals surface area contributed by atoms with Crippen LogP contribution >= 0.6 is 11.6 Å². The summed E-state index contributed by atoms with van der Waals surface area (Å²) in [6, 6.07) is 6.35. The number of nitrogens with zero attached hydrogens (tertiary/aromatic N) is 4. The predicted octanol–water partition coefficient (Wildman–Crippen LogP) is 6.19. The second-order valence-electron chi connectivity index (χ2n) is 12.5. The maximum atomic E-state index is 13.7. The molecule has 3 atom stereocenters. The molecule has 2 heterocycles. The van der Waals surface area contributed by atoms with Crippen molar-refractivity contribution in [3.8, 4) is 5.69 Å². The summed E-state index contributed by atoms with van der Waals surface area (Å²) in [6.07, 6.45) is 7.52. The zero-order chi connectivity index (χ0) is 30.2. The molecule has 222 valence electrons. The minimum Gasteiger partial charge on any atom is -0.298 e. The average Bonchev–Trinajstić information content (AvgIpc) is 2.89. The zero-order valence-corrected chi connectivity index (χ0v) is 26.0. The van der Waals surface area contributed by atoms with Gasteiger partial charge in [-0.05, 0) is 89.0 Å². The van der Waals surface area contributed by atoms with Crippen LogP contribution in [0.3, 0.4) is 0 Å². The van der Waals surface area contributed by atoms with Gasteiger partial charge in [0.15, 0.2) is 0 Å². The van der Waals surface area contributed by atoms with Crippen molar-refractivity contribution in [1.82, 2.24) is 18.3 Å². The van der Waals surface area contributed by atoms with Crippen LogP contribution in [0.4, 0.5) is 0 Å². The van der Waals surface area contributed by atoms with Crippen LogP contribution in [0.5, 0.6) is 0 Å². The first-order chi connectivity index (χ1) is 19.3. The van der Waals surface area contributed by atoms with E-state index < -0.39 is 0 Å². The predicted molar refractivity (Wildman–Crippen MR) is 165 cm³/mol. The summed E-state index contributed by atoms with van der Waals surface area (Å²) >= 11 is 6.06. The maximum Gasteiger partial charge on any atom is 0.335 e. The van der Waals surface area contributed by atoms with Gasteiger partial charge in [-0.2, -0.15) is 0 Å². The van der Waals surface area contributed by atoms with Crippen molar-refractivity contribution >= 4 is 11.6 Å². The van der Waals surface area contributed by atoms with E-state index in [2.05, 4.69) is 0 Å². The van der Waals surface area contributed by atoms with E-state index in [4.69, 9.17) is 11.6 Å². The Labute approximate surface area is 246 Å². The van der Waals surface area contributed by atoms with Crippen LogP contribution in [0.1, 0.15) is 122 Å². The van der Waals surface area contributed by atoms with Crippen LogP contribution in [-0.4, -0.2) is 18.3 Å². The van der Waals surface area contributed by atoms with Crippen LogP contribution in [-0.2, 0) is 0 Å². The molecule has 0 N–H and O–H groups in total. The van der Waals surface area contributed by atoms with E-state index in [9.17, 15) is 19.2 Å². The van der Waals surface area contributed by atoms with Crippen LogP contribution in [0, 0.1) is 5.92 Å². The molecule has 4 rings (SSSR count). The molecule has 41 heavy (non-hydrogen) atoms. The maximum absolute atomic E-state index is 13.7. The normalized spacial score (nSPS) is 18.4. The molecule has 1 aromatic carbocycles. The molecular formula is C32H43ClN4O4. The van der Waals surface area contributed by atoms with Gasteiger partial charge < -0.3 is 0 Å². The number of rotatable bonds is 8. The van der Waals surface area contributed by atoms with Crippen molar-refractivity contribution in [3.63, 3.8) is 0 Å². The molecule has 3 unspecified atom stereocenters. The third kappa shape index (κ3) is 6.22. The molecule has 0 spiro atoms. The van der Waals surface area contributed by atoms with E-state index in [1.807, 2.05) is 48.5 Å². The molecule has 1 aliphatic rings. The van der Waals surface area contributed by atoms with Gasteiger partial charge in [0.25, 0.3) is 11.1 Å². The van der Waals surface area contributed by atoms with Gasteiger partial charge >= 0.3 is 11.4 Å². The van der Waals surface area contributed by atoms with Gasteiger partial charge in [0.05, 0.1) is 5.69 Å². The third-order valence-corrected chi connectivity index (χ3v) is 8.72. The molecule has 9 heteroatoms. The zero-order valence-electron chi connectivity index (χ0n) is 25.3. The fraction of sp³-hybridized carbons (Fsp3) is 0.562. The molecule has 1 fully saturated rings. The lowest BCUT2D eigenvalue weighted by Crippen LogP contribution is -2.45. The molecule has 1 aliphatic carbocycles. The van der Waals surface area contributed by atoms with Crippen LogP contribution in [0.2, 0.25) is 5.02 Å². The second kappa shape index (κ2) is 12.4. The van der Waals surface area contributed by atoms with Gasteiger partial charge in [0, 0.05) is 46.7 Å². The molecule has 0 amide bonds. The lowest BCUT2D eigenvalue weighted by atomic mass is 9.79. The monoisotopic (exact) mass is 582 g/mol. The van der Waals surface area contributed by atoms with Gasteiger partial charge in [-0.3, -0.25) is 23.3 Å². The van der Waals surface area contributed by atoms with E-state index in [0.29, 0.717) is 28.3 Å². The third-order valence-electron chi connectivity index (χ3n) is 8.47. The number of aromatic nitrogens is 4. The minimum atomic E-state index is -0.383. The Morgan fingerprint density at radius 1 is 0.780 bits per heavy atom. The van der Waals surface area contributed by atoms with Crippen molar-refractivity contribution in [2.24, 2.45) is 5.92 Å². The summed E-state index contributed by atoms with van der Waals surface area (Å²) < 4.78 is 6.02. The molecular weight excluding hydrogens is 540 g/mol. The Bertz CT molecular complexity index is 1590. The molecule has 0 saturated heterocycles. The van der Waals surface area contributed by atoms with Crippen molar-refractivity contribution < 1.29 is 0 Å². The summed E-state index contributed by atoms with van der Waals surface area (Å²) in [5, 5.41) is 0.528. The number of benzene rings is 1. The van der Waals surface area contributed by atoms with E-state index in [1.54, 1.807) is 45.8 Å². The van der Waals surface area contributed by atoms with Crippen LogP contribution in [0.25, 0.3) is 5.69 Å². The Hall–Kier alpha value is -3.13. The first-order valence-electron chi connectivity index (χ1n) is 14.8. The lowest BCUT2D eigenvalue weighted by molar-refractivity contribution is 0.234. The Morgan fingerprint density at radius 3 is 1.95 bits per heavy atom. The average molecular weight is 583 g/mol. The quantitative estimate of drug-likeness (QED) is 0.317. The highest BCUT2D eigenvalue weighted by molar-refractivity contribution is 6.30. The Morgan fingerprint density at radius 2 is 1.37 bits per heavy atom. The highest BCUT2D eigenvalue weighted by Gasteiger charge is 2.30. The van der Waals surface area contributed by atoms with Gasteiger partial charge in [0.2, 0.25) is 0 Å². The molecule has 0 radical (unpaired) electrons. The van der Waals surface area contributed by atoms with Crippen molar-refractivity contribution in [2.45, 2.75) is 111 Å². The van der Waals surface area contributed by atoms with Gasteiger partial charge in [0.1, 0.15) is 0 Å². The largest absolute Gasteiger partial charge is 0.335 e. The summed E-state index contributed by atoms with van der Waals surface area (Å²) in [5.41, 5.74) is 0.584. The summed E-state index contributed by atoms with van der Waals surface area (Å²) in [4.78, 5) is 54.0. The summed E-state index contributed by atoms with van der Waals surface area (Å²) in [7, 11) is 0. The fourth-order valence-corrected chi connectivity index (χ4v) is 6.28. The fourth-order valence-electron chi connectivity index (χ4n) is 6.15. The smallest absolute Gasteiger partial charge is 0.298 e. The van der Waals surface area contributed by atoms with E-state index in [1.165, 1.54) is 9.13 Å². The molecule has 2 aromatic heterocycles. The molecule has 8 nitrogen and oxygen atoms in total. The Kier molecular flexibility index (Phi) is 9.32. The molecule has 0 aliphatic heterocycles. The Balaban J connectivity index is 1.69. The SMILES string of the molecule is CC(C)c1cn(C(C)C)c(=O)n(C2CCCC(CC(C)c3cn(C(C)C)c(=O)n(-c4ccc(Cl)cc4)c3=O)C2)c1=O.